The lowest BCUT2D eigenvalue weighted by molar-refractivity contribution is -0.116. The van der Waals surface area contributed by atoms with Gasteiger partial charge in [-0.1, -0.05) is 18.9 Å². The molecule has 0 fully saturated rings. The van der Waals surface area contributed by atoms with Gasteiger partial charge in [-0.2, -0.15) is 0 Å². The van der Waals surface area contributed by atoms with Crippen LogP contribution in [0.5, 0.6) is 0 Å². The molecule has 1 N–H and O–H groups in total. The Hall–Kier alpha value is -1.80. The fourth-order valence-electron chi connectivity index (χ4n) is 1.87. The molecular formula is C16H21NO3S. The second-order valence-electron chi connectivity index (χ2n) is 4.98. The molecule has 5 heteroatoms. The molecule has 1 aromatic carbocycles. The fraction of sp³-hybridized carbons (Fsp3) is 0.438. The summed E-state index contributed by atoms with van der Waals surface area (Å²) in [7, 11) is -3.43. The number of sulfone groups is 1. The van der Waals surface area contributed by atoms with Gasteiger partial charge in [-0.05, 0) is 56.4 Å². The Kier molecular flexibility index (Phi) is 5.98. The van der Waals surface area contributed by atoms with Gasteiger partial charge in [0, 0.05) is 6.04 Å². The van der Waals surface area contributed by atoms with Gasteiger partial charge in [-0.25, -0.2) is 8.42 Å². The number of carbonyl (C=O) groups excluding carboxylic acids is 1. The summed E-state index contributed by atoms with van der Waals surface area (Å²) in [5.41, 5.74) is 1.98. The maximum Gasteiger partial charge on any atom is 0.296 e. The van der Waals surface area contributed by atoms with Gasteiger partial charge >= 0.3 is 0 Å². The highest BCUT2D eigenvalue weighted by Gasteiger charge is 2.21. The molecule has 0 bridgehead atoms. The molecule has 1 amide bonds. The number of carbonyl (C=O) groups is 1. The van der Waals surface area contributed by atoms with Crippen LogP contribution in [0.4, 0.5) is 0 Å². The van der Waals surface area contributed by atoms with E-state index in [0.29, 0.717) is 11.3 Å². The van der Waals surface area contributed by atoms with Gasteiger partial charge < -0.3 is 5.32 Å². The van der Waals surface area contributed by atoms with Gasteiger partial charge in [0.05, 0.1) is 10.6 Å². The topological polar surface area (TPSA) is 63.2 Å². The van der Waals surface area contributed by atoms with E-state index >= 15 is 0 Å². The molecule has 0 spiro atoms. The molecule has 0 aromatic heterocycles. The van der Waals surface area contributed by atoms with E-state index in [0.717, 1.165) is 11.1 Å². The highest BCUT2D eigenvalue weighted by molar-refractivity contribution is 7.91. The molecule has 0 saturated heterocycles. The molecule has 1 atom stereocenters. The average Bonchev–Trinajstić information content (AvgIpc) is 2.41. The number of hydrogen-bond donors (Lipinski definition) is 1. The van der Waals surface area contributed by atoms with E-state index in [-0.39, 0.29) is 5.75 Å². The zero-order valence-corrected chi connectivity index (χ0v) is 13.7. The molecule has 114 valence electrons. The first kappa shape index (κ1) is 17.3. The maximum atomic E-state index is 12.4. The summed E-state index contributed by atoms with van der Waals surface area (Å²) < 4.78 is 24.8. The normalized spacial score (nSPS) is 12.2. The Labute approximate surface area is 126 Å². The van der Waals surface area contributed by atoms with E-state index in [1.165, 1.54) is 0 Å². The van der Waals surface area contributed by atoms with Crippen molar-refractivity contribution in [3.05, 3.63) is 29.3 Å². The Balaban J connectivity index is 2.93. The molecule has 0 aliphatic rings. The summed E-state index contributed by atoms with van der Waals surface area (Å²) >= 11 is 0. The first-order chi connectivity index (χ1) is 9.80. The minimum Gasteiger partial charge on any atom is -0.342 e. The Morgan fingerprint density at radius 1 is 1.29 bits per heavy atom. The largest absolute Gasteiger partial charge is 0.342 e. The molecule has 1 aromatic rings. The van der Waals surface area contributed by atoms with E-state index < -0.39 is 21.8 Å². The quantitative estimate of drug-likeness (QED) is 0.846. The van der Waals surface area contributed by atoms with Crippen LogP contribution in [0, 0.1) is 25.7 Å². The summed E-state index contributed by atoms with van der Waals surface area (Å²) in [4.78, 5) is 11.7. The van der Waals surface area contributed by atoms with Gasteiger partial charge in [-0.15, -0.1) is 0 Å². The highest BCUT2D eigenvalue weighted by atomic mass is 32.2. The Bertz CT molecular complexity index is 681. The van der Waals surface area contributed by atoms with Crippen LogP contribution < -0.4 is 5.32 Å². The Morgan fingerprint density at radius 2 is 1.95 bits per heavy atom. The van der Waals surface area contributed by atoms with Crippen molar-refractivity contribution in [2.45, 2.75) is 45.1 Å². The van der Waals surface area contributed by atoms with Gasteiger partial charge in [0.15, 0.2) is 9.84 Å². The molecule has 0 heterocycles. The molecular weight excluding hydrogens is 286 g/mol. The van der Waals surface area contributed by atoms with Crippen molar-refractivity contribution in [2.24, 2.45) is 0 Å². The maximum absolute atomic E-state index is 12.4. The van der Waals surface area contributed by atoms with Crippen molar-refractivity contribution in [1.82, 2.24) is 5.32 Å². The van der Waals surface area contributed by atoms with Crippen LogP contribution in [0.1, 0.15) is 31.4 Å². The summed E-state index contributed by atoms with van der Waals surface area (Å²) in [5, 5.41) is 2.63. The van der Waals surface area contributed by atoms with Crippen LogP contribution in [0.3, 0.4) is 0 Å². The second-order valence-corrected chi connectivity index (χ2v) is 7.02. The van der Waals surface area contributed by atoms with Crippen LogP contribution in [-0.2, 0) is 14.6 Å². The number of nitrogens with one attached hydrogen (secondary N) is 1. The molecule has 0 radical (unpaired) electrons. The van der Waals surface area contributed by atoms with Crippen molar-refractivity contribution in [3.63, 3.8) is 0 Å². The van der Waals surface area contributed by atoms with Crippen LogP contribution in [-0.4, -0.2) is 26.1 Å². The van der Waals surface area contributed by atoms with E-state index in [1.807, 2.05) is 20.8 Å². The van der Waals surface area contributed by atoms with Crippen LogP contribution in [0.2, 0.25) is 0 Å². The molecule has 4 nitrogen and oxygen atoms in total. The van der Waals surface area contributed by atoms with E-state index in [4.69, 9.17) is 0 Å². The number of aryl methyl sites for hydroxylation is 2. The van der Waals surface area contributed by atoms with Gasteiger partial charge in [0.1, 0.15) is 0 Å². The first-order valence-electron chi connectivity index (χ1n) is 6.83. The number of benzene rings is 1. The summed E-state index contributed by atoms with van der Waals surface area (Å²) in [6.07, 6.45) is 0.529. The van der Waals surface area contributed by atoms with Gasteiger partial charge in [0.25, 0.3) is 5.91 Å². The lowest BCUT2D eigenvalue weighted by Gasteiger charge is -2.16. The number of amides is 1. The zero-order valence-electron chi connectivity index (χ0n) is 12.9. The molecule has 1 rings (SSSR count). The van der Waals surface area contributed by atoms with Crippen LogP contribution in [0.25, 0.3) is 0 Å². The number of hydrogen-bond acceptors (Lipinski definition) is 3. The molecule has 0 unspecified atom stereocenters. The average molecular weight is 307 g/mol. The van der Waals surface area contributed by atoms with Crippen molar-refractivity contribution in [3.8, 4) is 11.8 Å². The standard InChI is InChI=1S/C16H21NO3S/c1-5-7-16(18)17-14(6-2)11-21(19,20)15-9-8-12(3)13(4)10-15/h8-10,14H,6,11H2,1-4H3,(H,17,18)/t14-/m1/s1. The summed E-state index contributed by atoms with van der Waals surface area (Å²) in [5.74, 6) is 4.28. The predicted octanol–water partition coefficient (Wildman–Crippen LogP) is 2.00. The third-order valence-corrected chi connectivity index (χ3v) is 5.14. The molecule has 21 heavy (non-hydrogen) atoms. The van der Waals surface area contributed by atoms with E-state index in [2.05, 4.69) is 17.2 Å². The molecule has 0 aliphatic heterocycles. The SMILES string of the molecule is CC#CC(=O)N[C@H](CC)CS(=O)(=O)c1ccc(C)c(C)c1. The van der Waals surface area contributed by atoms with Gasteiger partial charge in [-0.3, -0.25) is 4.79 Å². The van der Waals surface area contributed by atoms with Gasteiger partial charge in [0.2, 0.25) is 0 Å². The van der Waals surface area contributed by atoms with E-state index in [9.17, 15) is 13.2 Å². The fourth-order valence-corrected chi connectivity index (χ4v) is 3.54. The smallest absolute Gasteiger partial charge is 0.296 e. The van der Waals surface area contributed by atoms with Crippen molar-refractivity contribution in [2.75, 3.05) is 5.75 Å². The van der Waals surface area contributed by atoms with Crippen molar-refractivity contribution >= 4 is 15.7 Å². The predicted molar refractivity (Wildman–Crippen MR) is 83.6 cm³/mol. The minimum absolute atomic E-state index is 0.122. The number of rotatable bonds is 5. The van der Waals surface area contributed by atoms with Crippen molar-refractivity contribution in [1.29, 1.82) is 0 Å². The first-order valence-corrected chi connectivity index (χ1v) is 8.48. The third kappa shape index (κ3) is 4.91. The van der Waals surface area contributed by atoms with E-state index in [1.54, 1.807) is 25.1 Å². The summed E-state index contributed by atoms with van der Waals surface area (Å²) in [6, 6.07) is 4.64. The lowest BCUT2D eigenvalue weighted by atomic mass is 10.1. The van der Waals surface area contributed by atoms with Crippen molar-refractivity contribution < 1.29 is 13.2 Å². The molecule has 0 saturated carbocycles. The van der Waals surface area contributed by atoms with Crippen LogP contribution in [0.15, 0.2) is 23.1 Å². The summed E-state index contributed by atoms with van der Waals surface area (Å²) in [6.45, 7) is 7.21. The molecule has 0 aliphatic carbocycles. The minimum atomic E-state index is -3.43. The second kappa shape index (κ2) is 7.28. The monoisotopic (exact) mass is 307 g/mol. The Morgan fingerprint density at radius 3 is 2.48 bits per heavy atom. The highest BCUT2D eigenvalue weighted by Crippen LogP contribution is 2.17. The third-order valence-electron chi connectivity index (χ3n) is 3.32. The zero-order chi connectivity index (χ0) is 16.0. The van der Waals surface area contributed by atoms with Crippen LogP contribution >= 0.6 is 0 Å². The lowest BCUT2D eigenvalue weighted by Crippen LogP contribution is -2.38.